The van der Waals surface area contributed by atoms with Crippen molar-refractivity contribution in [2.24, 2.45) is 0 Å². The molecule has 2 aromatic rings. The summed E-state index contributed by atoms with van der Waals surface area (Å²) in [7, 11) is 1.90. The van der Waals surface area contributed by atoms with Crippen molar-refractivity contribution in [3.63, 3.8) is 0 Å². The van der Waals surface area contributed by atoms with Gasteiger partial charge >= 0.3 is 0 Å². The number of anilines is 1. The van der Waals surface area contributed by atoms with Gasteiger partial charge in [0.1, 0.15) is 5.82 Å². The minimum absolute atomic E-state index is 0.509. The second-order valence-electron chi connectivity index (χ2n) is 5.23. The Morgan fingerprint density at radius 2 is 1.86 bits per heavy atom. The second-order valence-corrected chi connectivity index (χ2v) is 6.02. The van der Waals surface area contributed by atoms with Crippen LogP contribution in [0.2, 0.25) is 10.0 Å². The molecule has 1 heterocycles. The van der Waals surface area contributed by atoms with E-state index in [0.29, 0.717) is 15.9 Å². The smallest absolute Gasteiger partial charge is 0.163 e. The first-order valence-electron chi connectivity index (χ1n) is 7.22. The summed E-state index contributed by atoms with van der Waals surface area (Å²) in [6, 6.07) is 5.56. The average molecular weight is 322 g/mol. The normalized spacial score (nSPS) is 14.4. The Bertz CT molecular complexity index is 671. The molecule has 0 spiro atoms. The van der Waals surface area contributed by atoms with Crippen LogP contribution in [0.3, 0.4) is 0 Å². The lowest BCUT2D eigenvalue weighted by atomic mass is 10.1. The van der Waals surface area contributed by atoms with Crippen molar-refractivity contribution in [2.45, 2.75) is 32.1 Å². The molecule has 0 radical (unpaired) electrons. The lowest BCUT2D eigenvalue weighted by Crippen LogP contribution is -2.07. The maximum Gasteiger partial charge on any atom is 0.163 e. The predicted molar refractivity (Wildman–Crippen MR) is 88.3 cm³/mol. The first-order valence-corrected chi connectivity index (χ1v) is 7.98. The van der Waals surface area contributed by atoms with Crippen LogP contribution in [0, 0.1) is 0 Å². The third-order valence-corrected chi connectivity index (χ3v) is 4.68. The highest BCUT2D eigenvalue weighted by Gasteiger charge is 2.18. The Morgan fingerprint density at radius 3 is 2.67 bits per heavy atom. The van der Waals surface area contributed by atoms with Crippen molar-refractivity contribution < 1.29 is 0 Å². The fourth-order valence-electron chi connectivity index (χ4n) is 2.77. The number of rotatable bonds is 2. The van der Waals surface area contributed by atoms with Crippen molar-refractivity contribution in [3.8, 4) is 11.4 Å². The van der Waals surface area contributed by atoms with Gasteiger partial charge in [0.25, 0.3) is 0 Å². The van der Waals surface area contributed by atoms with E-state index in [1.807, 2.05) is 19.2 Å². The molecular weight excluding hydrogens is 305 g/mol. The van der Waals surface area contributed by atoms with Crippen LogP contribution in [0.1, 0.15) is 30.5 Å². The standard InChI is InChI=1S/C16H17Cl2N3/c1-19-15-10-6-3-2-4-9-13(10)20-16(21-15)11-7-5-8-12(17)14(11)18/h5,7-8H,2-4,6,9H2,1H3,(H,19,20,21). The lowest BCUT2D eigenvalue weighted by Gasteiger charge is -2.13. The van der Waals surface area contributed by atoms with E-state index in [1.165, 1.54) is 24.8 Å². The van der Waals surface area contributed by atoms with Crippen LogP contribution < -0.4 is 5.32 Å². The second kappa shape index (κ2) is 6.20. The molecule has 1 aliphatic rings. The number of fused-ring (bicyclic) bond motifs is 1. The summed E-state index contributed by atoms with van der Waals surface area (Å²) in [6.07, 6.45) is 5.65. The van der Waals surface area contributed by atoms with E-state index in [1.54, 1.807) is 6.07 Å². The quantitative estimate of drug-likeness (QED) is 0.810. The SMILES string of the molecule is CNc1nc(-c2cccc(Cl)c2Cl)nc2c1CCCCC2. The topological polar surface area (TPSA) is 37.8 Å². The largest absolute Gasteiger partial charge is 0.373 e. The molecule has 0 atom stereocenters. The van der Waals surface area contributed by atoms with E-state index in [-0.39, 0.29) is 0 Å². The van der Waals surface area contributed by atoms with Crippen molar-refractivity contribution in [2.75, 3.05) is 12.4 Å². The van der Waals surface area contributed by atoms with Crippen LogP contribution in [0.25, 0.3) is 11.4 Å². The highest BCUT2D eigenvalue weighted by atomic mass is 35.5. The molecule has 21 heavy (non-hydrogen) atoms. The molecule has 1 aromatic heterocycles. The summed E-state index contributed by atoms with van der Waals surface area (Å²) in [6.45, 7) is 0. The molecule has 1 N–H and O–H groups in total. The van der Waals surface area contributed by atoms with Gasteiger partial charge in [-0.2, -0.15) is 0 Å². The number of aryl methyl sites for hydroxylation is 1. The van der Waals surface area contributed by atoms with E-state index >= 15 is 0 Å². The zero-order valence-corrected chi connectivity index (χ0v) is 13.4. The molecule has 110 valence electrons. The highest BCUT2D eigenvalue weighted by Crippen LogP contribution is 2.34. The predicted octanol–water partition coefficient (Wildman–Crippen LogP) is 4.76. The minimum Gasteiger partial charge on any atom is -0.373 e. The van der Waals surface area contributed by atoms with Crippen molar-refractivity contribution >= 4 is 29.0 Å². The van der Waals surface area contributed by atoms with Crippen LogP contribution in [0.4, 0.5) is 5.82 Å². The third kappa shape index (κ3) is 2.85. The van der Waals surface area contributed by atoms with E-state index in [0.717, 1.165) is 29.9 Å². The summed E-state index contributed by atoms with van der Waals surface area (Å²) < 4.78 is 0. The number of nitrogens with zero attached hydrogens (tertiary/aromatic N) is 2. The summed E-state index contributed by atoms with van der Waals surface area (Å²) in [5.74, 6) is 1.56. The number of hydrogen-bond donors (Lipinski definition) is 1. The first kappa shape index (κ1) is 14.6. The molecule has 5 heteroatoms. The summed E-state index contributed by atoms with van der Waals surface area (Å²) in [4.78, 5) is 9.41. The van der Waals surface area contributed by atoms with Crippen LogP contribution in [-0.2, 0) is 12.8 Å². The molecule has 3 nitrogen and oxygen atoms in total. The zero-order valence-electron chi connectivity index (χ0n) is 11.9. The molecule has 0 fully saturated rings. The Kier molecular flexibility index (Phi) is 4.32. The minimum atomic E-state index is 0.509. The average Bonchev–Trinajstić information content (AvgIpc) is 2.74. The van der Waals surface area contributed by atoms with Gasteiger partial charge in [-0.05, 0) is 37.8 Å². The van der Waals surface area contributed by atoms with Crippen molar-refractivity contribution in [1.29, 1.82) is 0 Å². The molecule has 0 saturated heterocycles. The molecule has 3 rings (SSSR count). The number of benzene rings is 1. The van der Waals surface area contributed by atoms with E-state index in [4.69, 9.17) is 28.2 Å². The Labute approximate surface area is 134 Å². The molecular formula is C16H17Cl2N3. The lowest BCUT2D eigenvalue weighted by molar-refractivity contribution is 0.709. The van der Waals surface area contributed by atoms with Gasteiger partial charge in [0, 0.05) is 23.9 Å². The highest BCUT2D eigenvalue weighted by molar-refractivity contribution is 6.43. The Morgan fingerprint density at radius 1 is 1.05 bits per heavy atom. The Balaban J connectivity index is 2.16. The van der Waals surface area contributed by atoms with Gasteiger partial charge in [0.05, 0.1) is 10.0 Å². The van der Waals surface area contributed by atoms with Crippen molar-refractivity contribution in [1.82, 2.24) is 9.97 Å². The fraction of sp³-hybridized carbons (Fsp3) is 0.375. The fourth-order valence-corrected chi connectivity index (χ4v) is 3.16. The van der Waals surface area contributed by atoms with Crippen molar-refractivity contribution in [3.05, 3.63) is 39.5 Å². The van der Waals surface area contributed by atoms with Crippen LogP contribution in [0.15, 0.2) is 18.2 Å². The monoisotopic (exact) mass is 321 g/mol. The molecule has 1 aromatic carbocycles. The number of aromatic nitrogens is 2. The van der Waals surface area contributed by atoms with Gasteiger partial charge in [-0.15, -0.1) is 0 Å². The third-order valence-electron chi connectivity index (χ3n) is 3.86. The van der Waals surface area contributed by atoms with E-state index in [2.05, 4.69) is 10.3 Å². The Hall–Kier alpha value is -1.32. The molecule has 0 bridgehead atoms. The summed E-state index contributed by atoms with van der Waals surface area (Å²) >= 11 is 12.4. The number of nitrogens with one attached hydrogen (secondary N) is 1. The number of hydrogen-bond acceptors (Lipinski definition) is 3. The van der Waals surface area contributed by atoms with E-state index < -0.39 is 0 Å². The van der Waals surface area contributed by atoms with E-state index in [9.17, 15) is 0 Å². The first-order chi connectivity index (χ1) is 10.2. The molecule has 0 aliphatic heterocycles. The summed E-state index contributed by atoms with van der Waals surface area (Å²) in [5, 5.41) is 4.24. The van der Waals surface area contributed by atoms with Gasteiger partial charge in [-0.3, -0.25) is 0 Å². The van der Waals surface area contributed by atoms with Gasteiger partial charge < -0.3 is 5.32 Å². The maximum atomic E-state index is 6.31. The summed E-state index contributed by atoms with van der Waals surface area (Å²) in [5.41, 5.74) is 3.17. The zero-order chi connectivity index (χ0) is 14.8. The molecule has 0 amide bonds. The van der Waals surface area contributed by atoms with Crippen LogP contribution in [0.5, 0.6) is 0 Å². The molecule has 1 aliphatic carbocycles. The number of halogens is 2. The van der Waals surface area contributed by atoms with Gasteiger partial charge in [0.15, 0.2) is 5.82 Å². The van der Waals surface area contributed by atoms with Crippen LogP contribution >= 0.6 is 23.2 Å². The maximum absolute atomic E-state index is 6.31. The van der Waals surface area contributed by atoms with Crippen LogP contribution in [-0.4, -0.2) is 17.0 Å². The molecule has 0 unspecified atom stereocenters. The van der Waals surface area contributed by atoms with Gasteiger partial charge in [0.2, 0.25) is 0 Å². The molecule has 0 saturated carbocycles. The van der Waals surface area contributed by atoms with Gasteiger partial charge in [-0.1, -0.05) is 35.7 Å². The van der Waals surface area contributed by atoms with Gasteiger partial charge in [-0.25, -0.2) is 9.97 Å².